The van der Waals surface area contributed by atoms with Gasteiger partial charge in [0.25, 0.3) is 0 Å². The van der Waals surface area contributed by atoms with Gasteiger partial charge in [-0.3, -0.25) is 0 Å². The van der Waals surface area contributed by atoms with Gasteiger partial charge in [0.15, 0.2) is 0 Å². The zero-order chi connectivity index (χ0) is 13.9. The lowest BCUT2D eigenvalue weighted by atomic mass is 10.0. The van der Waals surface area contributed by atoms with E-state index >= 15 is 0 Å². The van der Waals surface area contributed by atoms with E-state index in [2.05, 4.69) is 13.0 Å². The van der Waals surface area contributed by atoms with Crippen LogP contribution in [0.15, 0.2) is 60.7 Å². The first-order valence-electron chi connectivity index (χ1n) is 6.85. The van der Waals surface area contributed by atoms with Gasteiger partial charge < -0.3 is 4.74 Å². The average molecular weight is 264 g/mol. The quantitative estimate of drug-likeness (QED) is 0.768. The lowest BCUT2D eigenvalue weighted by molar-refractivity contribution is 0.0397. The first-order valence-corrected chi connectivity index (χ1v) is 6.85. The van der Waals surface area contributed by atoms with Crippen molar-refractivity contribution < 1.29 is 9.53 Å². The molecule has 1 unspecified atom stereocenters. The van der Waals surface area contributed by atoms with Gasteiger partial charge >= 0.3 is 5.97 Å². The maximum absolute atomic E-state index is 12.2. The van der Waals surface area contributed by atoms with E-state index in [0.29, 0.717) is 5.56 Å². The normalized spacial score (nSPS) is 16.4. The van der Waals surface area contributed by atoms with Crippen LogP contribution in [0.2, 0.25) is 0 Å². The summed E-state index contributed by atoms with van der Waals surface area (Å²) in [5.74, 6) is -0.279. The Bertz CT molecular complexity index is 656. The summed E-state index contributed by atoms with van der Waals surface area (Å²) in [6, 6.07) is 17.2. The van der Waals surface area contributed by atoms with Crippen LogP contribution in [0.5, 0.6) is 0 Å². The smallest absolute Gasteiger partial charge is 0.339 e. The molecule has 1 aliphatic carbocycles. The number of allylic oxidation sites excluding steroid dienone is 1. The lowest BCUT2D eigenvalue weighted by Gasteiger charge is -2.12. The largest absolute Gasteiger partial charge is 0.450 e. The number of rotatable bonds is 3. The first kappa shape index (κ1) is 12.7. The van der Waals surface area contributed by atoms with Crippen molar-refractivity contribution in [1.82, 2.24) is 0 Å². The van der Waals surface area contributed by atoms with Crippen molar-refractivity contribution in [3.05, 3.63) is 77.4 Å². The molecule has 0 bridgehead atoms. The van der Waals surface area contributed by atoms with Crippen LogP contribution in [0.25, 0.3) is 5.57 Å². The maximum Gasteiger partial charge on any atom is 0.339 e. The Balaban J connectivity index is 1.86. The Morgan fingerprint density at radius 3 is 2.50 bits per heavy atom. The van der Waals surface area contributed by atoms with Crippen molar-refractivity contribution in [3.8, 4) is 0 Å². The van der Waals surface area contributed by atoms with Crippen molar-refractivity contribution in [2.75, 3.05) is 0 Å². The van der Waals surface area contributed by atoms with Gasteiger partial charge in [0, 0.05) is 5.56 Å². The summed E-state index contributed by atoms with van der Waals surface area (Å²) in [7, 11) is 0. The molecule has 0 fully saturated rings. The zero-order valence-electron chi connectivity index (χ0n) is 11.4. The second-order valence-corrected chi connectivity index (χ2v) is 4.82. The van der Waals surface area contributed by atoms with Crippen LogP contribution in [0.3, 0.4) is 0 Å². The fourth-order valence-corrected chi connectivity index (χ4v) is 2.56. The predicted octanol–water partition coefficient (Wildman–Crippen LogP) is 4.39. The molecule has 2 aromatic rings. The molecule has 3 rings (SSSR count). The number of hydrogen-bond acceptors (Lipinski definition) is 2. The fourth-order valence-electron chi connectivity index (χ4n) is 2.56. The third-order valence-electron chi connectivity index (χ3n) is 3.59. The molecular formula is C18H16O2. The molecule has 2 heteroatoms. The SMILES string of the molecule is CCC1=CC(OC(=O)c2ccccc2)c2ccccc21. The van der Waals surface area contributed by atoms with E-state index in [0.717, 1.165) is 12.0 Å². The minimum Gasteiger partial charge on any atom is -0.450 e. The number of carbonyl (C=O) groups excluding carboxylic acids is 1. The molecule has 0 heterocycles. The first-order chi connectivity index (χ1) is 9.79. The van der Waals surface area contributed by atoms with Crippen molar-refractivity contribution >= 4 is 11.5 Å². The lowest BCUT2D eigenvalue weighted by Crippen LogP contribution is -2.08. The van der Waals surface area contributed by atoms with Crippen LogP contribution in [0, 0.1) is 0 Å². The number of carbonyl (C=O) groups is 1. The van der Waals surface area contributed by atoms with Crippen molar-refractivity contribution in [2.45, 2.75) is 19.4 Å². The average Bonchev–Trinajstić information content (AvgIpc) is 2.86. The standard InChI is InChI=1S/C18H16O2/c1-2-13-12-17(16-11-7-6-10-15(13)16)20-18(19)14-8-4-3-5-9-14/h3-12,17H,2H2,1H3. The van der Waals surface area contributed by atoms with Crippen LogP contribution in [0.1, 0.15) is 40.9 Å². The Morgan fingerprint density at radius 2 is 1.75 bits per heavy atom. The number of ether oxygens (including phenoxy) is 1. The van der Waals surface area contributed by atoms with E-state index in [1.807, 2.05) is 42.5 Å². The molecule has 0 spiro atoms. The van der Waals surface area contributed by atoms with Gasteiger partial charge in [-0.2, -0.15) is 0 Å². The summed E-state index contributed by atoms with van der Waals surface area (Å²) in [5, 5.41) is 0. The number of fused-ring (bicyclic) bond motifs is 1. The molecular weight excluding hydrogens is 248 g/mol. The Hall–Kier alpha value is -2.35. The molecule has 2 aromatic carbocycles. The molecule has 0 saturated carbocycles. The van der Waals surface area contributed by atoms with Crippen molar-refractivity contribution in [2.24, 2.45) is 0 Å². The molecule has 0 aliphatic heterocycles. The minimum atomic E-state index is -0.279. The Labute approximate surface area is 118 Å². The number of hydrogen-bond donors (Lipinski definition) is 0. The Kier molecular flexibility index (Phi) is 3.38. The fraction of sp³-hybridized carbons (Fsp3) is 0.167. The van der Waals surface area contributed by atoms with Gasteiger partial charge in [-0.15, -0.1) is 0 Å². The van der Waals surface area contributed by atoms with Crippen LogP contribution in [-0.2, 0) is 4.74 Å². The summed E-state index contributed by atoms with van der Waals surface area (Å²) in [4.78, 5) is 12.2. The third-order valence-corrected chi connectivity index (χ3v) is 3.59. The molecule has 2 nitrogen and oxygen atoms in total. The molecule has 0 radical (unpaired) electrons. The van der Waals surface area contributed by atoms with E-state index in [1.54, 1.807) is 12.1 Å². The van der Waals surface area contributed by atoms with Gasteiger partial charge in [0.1, 0.15) is 6.10 Å². The second kappa shape index (κ2) is 5.33. The summed E-state index contributed by atoms with van der Waals surface area (Å²) >= 11 is 0. The van der Waals surface area contributed by atoms with Gasteiger partial charge in [0.2, 0.25) is 0 Å². The summed E-state index contributed by atoms with van der Waals surface area (Å²) in [6.45, 7) is 2.12. The third kappa shape index (κ3) is 2.25. The van der Waals surface area contributed by atoms with Crippen LogP contribution in [-0.4, -0.2) is 5.97 Å². The minimum absolute atomic E-state index is 0.270. The van der Waals surface area contributed by atoms with Gasteiger partial charge in [-0.1, -0.05) is 49.4 Å². The van der Waals surface area contributed by atoms with Crippen LogP contribution in [0.4, 0.5) is 0 Å². The van der Waals surface area contributed by atoms with E-state index < -0.39 is 0 Å². The molecule has 0 N–H and O–H groups in total. The van der Waals surface area contributed by atoms with Crippen LogP contribution >= 0.6 is 0 Å². The monoisotopic (exact) mass is 264 g/mol. The molecule has 0 amide bonds. The highest BCUT2D eigenvalue weighted by Gasteiger charge is 2.25. The summed E-state index contributed by atoms with van der Waals surface area (Å²) < 4.78 is 5.64. The maximum atomic E-state index is 12.2. The second-order valence-electron chi connectivity index (χ2n) is 4.82. The highest BCUT2D eigenvalue weighted by atomic mass is 16.5. The van der Waals surface area contributed by atoms with Crippen LogP contribution < -0.4 is 0 Å². The topological polar surface area (TPSA) is 26.3 Å². The van der Waals surface area contributed by atoms with Gasteiger partial charge in [-0.05, 0) is 35.8 Å². The van der Waals surface area contributed by atoms with Gasteiger partial charge in [0.05, 0.1) is 5.56 Å². The predicted molar refractivity (Wildman–Crippen MR) is 79.3 cm³/mol. The molecule has 0 aromatic heterocycles. The summed E-state index contributed by atoms with van der Waals surface area (Å²) in [5.41, 5.74) is 4.10. The van der Waals surface area contributed by atoms with E-state index in [9.17, 15) is 4.79 Å². The molecule has 100 valence electrons. The van der Waals surface area contributed by atoms with E-state index in [-0.39, 0.29) is 12.1 Å². The Morgan fingerprint density at radius 1 is 1.05 bits per heavy atom. The summed E-state index contributed by atoms with van der Waals surface area (Å²) in [6.07, 6.45) is 2.72. The number of esters is 1. The van der Waals surface area contributed by atoms with Crippen molar-refractivity contribution in [3.63, 3.8) is 0 Å². The molecule has 1 aliphatic rings. The van der Waals surface area contributed by atoms with E-state index in [1.165, 1.54) is 11.1 Å². The zero-order valence-corrected chi connectivity index (χ0v) is 11.4. The highest BCUT2D eigenvalue weighted by molar-refractivity contribution is 5.90. The van der Waals surface area contributed by atoms with E-state index in [4.69, 9.17) is 4.74 Å². The number of benzene rings is 2. The molecule has 20 heavy (non-hydrogen) atoms. The molecule has 0 saturated heterocycles. The van der Waals surface area contributed by atoms with Crippen molar-refractivity contribution in [1.29, 1.82) is 0 Å². The molecule has 1 atom stereocenters. The van der Waals surface area contributed by atoms with Gasteiger partial charge in [-0.25, -0.2) is 4.79 Å². The highest BCUT2D eigenvalue weighted by Crippen LogP contribution is 2.38.